The Hall–Kier alpha value is -2.94. The van der Waals surface area contributed by atoms with Crippen LogP contribution in [-0.4, -0.2) is 16.9 Å². The van der Waals surface area contributed by atoms with E-state index >= 15 is 0 Å². The first-order chi connectivity index (χ1) is 12.7. The van der Waals surface area contributed by atoms with Crippen molar-refractivity contribution in [3.63, 3.8) is 0 Å². The van der Waals surface area contributed by atoms with E-state index in [9.17, 15) is 22.8 Å². The van der Waals surface area contributed by atoms with Crippen molar-refractivity contribution in [1.82, 2.24) is 4.98 Å². The summed E-state index contributed by atoms with van der Waals surface area (Å²) in [4.78, 5) is 27.4. The molecule has 3 rings (SSSR count). The molecule has 0 saturated carbocycles. The van der Waals surface area contributed by atoms with E-state index in [1.165, 1.54) is 18.2 Å². The average molecular weight is 394 g/mol. The number of ether oxygens (including phenoxy) is 1. The Morgan fingerprint density at radius 3 is 2.63 bits per heavy atom. The van der Waals surface area contributed by atoms with Crippen LogP contribution < -0.4 is 5.73 Å². The highest BCUT2D eigenvalue weighted by atomic mass is 32.1. The number of aryl methyl sites for hydroxylation is 1. The first kappa shape index (κ1) is 18.8. The first-order valence-electron chi connectivity index (χ1n) is 7.70. The Morgan fingerprint density at radius 1 is 1.22 bits per heavy atom. The van der Waals surface area contributed by atoms with Gasteiger partial charge in [-0.3, -0.25) is 4.79 Å². The molecule has 5 nitrogen and oxygen atoms in total. The van der Waals surface area contributed by atoms with Crippen LogP contribution in [0.25, 0.3) is 10.2 Å². The highest BCUT2D eigenvalue weighted by molar-refractivity contribution is 7.20. The van der Waals surface area contributed by atoms with Crippen molar-refractivity contribution in [2.75, 3.05) is 0 Å². The number of thiophene rings is 1. The van der Waals surface area contributed by atoms with Gasteiger partial charge in [0.05, 0.1) is 0 Å². The molecule has 0 aliphatic heterocycles. The van der Waals surface area contributed by atoms with Crippen molar-refractivity contribution in [3.8, 4) is 0 Å². The van der Waals surface area contributed by atoms with E-state index in [2.05, 4.69) is 4.98 Å². The van der Waals surface area contributed by atoms with Gasteiger partial charge >= 0.3 is 12.1 Å². The van der Waals surface area contributed by atoms with Crippen molar-refractivity contribution >= 4 is 33.4 Å². The Balaban J connectivity index is 1.82. The Bertz CT molecular complexity index is 1040. The molecule has 0 fully saturated rings. The summed E-state index contributed by atoms with van der Waals surface area (Å²) in [6.45, 7) is 1.52. The highest BCUT2D eigenvalue weighted by Crippen LogP contribution is 2.34. The molecule has 1 aromatic carbocycles. The van der Waals surface area contributed by atoms with Gasteiger partial charge in [-0.05, 0) is 42.3 Å². The maximum absolute atomic E-state index is 12.8. The van der Waals surface area contributed by atoms with E-state index in [0.29, 0.717) is 16.5 Å². The van der Waals surface area contributed by atoms with Crippen molar-refractivity contribution in [2.24, 2.45) is 5.73 Å². The molecule has 2 heterocycles. The van der Waals surface area contributed by atoms with Crippen molar-refractivity contribution < 1.29 is 27.5 Å². The fourth-order valence-electron chi connectivity index (χ4n) is 2.48. The SMILES string of the molecule is Cc1c(C(=O)OCc2cccc(C(N)=O)c2)sc2nc(C(F)(F)F)ccc12. The molecule has 0 saturated heterocycles. The number of hydrogen-bond donors (Lipinski definition) is 1. The van der Waals surface area contributed by atoms with Crippen LogP contribution in [0.2, 0.25) is 0 Å². The third-order valence-corrected chi connectivity index (χ3v) is 5.04. The summed E-state index contributed by atoms with van der Waals surface area (Å²) in [5.74, 6) is -1.27. The zero-order valence-electron chi connectivity index (χ0n) is 14.0. The third kappa shape index (κ3) is 3.92. The maximum atomic E-state index is 12.8. The minimum absolute atomic E-state index is 0.102. The van der Waals surface area contributed by atoms with E-state index in [4.69, 9.17) is 10.5 Å². The molecule has 2 aromatic heterocycles. The van der Waals surface area contributed by atoms with Gasteiger partial charge in [0.2, 0.25) is 5.91 Å². The normalized spacial score (nSPS) is 11.6. The molecular weight excluding hydrogens is 381 g/mol. The Morgan fingerprint density at radius 2 is 1.96 bits per heavy atom. The van der Waals surface area contributed by atoms with Gasteiger partial charge in [-0.15, -0.1) is 11.3 Å². The zero-order valence-corrected chi connectivity index (χ0v) is 14.8. The summed E-state index contributed by atoms with van der Waals surface area (Å²) in [5, 5.41) is 0.468. The molecule has 0 aliphatic carbocycles. The molecule has 27 heavy (non-hydrogen) atoms. The smallest absolute Gasteiger partial charge is 0.433 e. The molecule has 0 atom stereocenters. The molecule has 0 unspecified atom stereocenters. The van der Waals surface area contributed by atoms with E-state index in [1.54, 1.807) is 19.1 Å². The number of pyridine rings is 1. The van der Waals surface area contributed by atoms with E-state index in [1.807, 2.05) is 0 Å². The lowest BCUT2D eigenvalue weighted by Gasteiger charge is -2.05. The molecule has 140 valence electrons. The first-order valence-corrected chi connectivity index (χ1v) is 8.51. The molecule has 2 N–H and O–H groups in total. The number of amides is 1. The second-order valence-electron chi connectivity index (χ2n) is 5.74. The number of aromatic nitrogens is 1. The zero-order chi connectivity index (χ0) is 19.8. The summed E-state index contributed by atoms with van der Waals surface area (Å²) >= 11 is 0.846. The number of carbonyl (C=O) groups is 2. The number of hydrogen-bond acceptors (Lipinski definition) is 5. The standard InChI is InChI=1S/C18H13F3N2O3S/c1-9-12-5-6-13(18(19,20)21)23-16(12)27-14(9)17(25)26-8-10-3-2-4-11(7-10)15(22)24/h2-7H,8H2,1H3,(H2,22,24). The van der Waals surface area contributed by atoms with E-state index < -0.39 is 23.7 Å². The fraction of sp³-hybridized carbons (Fsp3) is 0.167. The topological polar surface area (TPSA) is 82.3 Å². The van der Waals surface area contributed by atoms with Gasteiger partial charge in [0.1, 0.15) is 22.0 Å². The predicted molar refractivity (Wildman–Crippen MR) is 93.4 cm³/mol. The fourth-order valence-corrected chi connectivity index (χ4v) is 3.55. The minimum atomic E-state index is -4.56. The molecule has 0 radical (unpaired) electrons. The van der Waals surface area contributed by atoms with E-state index in [0.717, 1.165) is 17.4 Å². The molecule has 9 heteroatoms. The van der Waals surface area contributed by atoms with Crippen LogP contribution in [0.4, 0.5) is 13.2 Å². The minimum Gasteiger partial charge on any atom is -0.457 e. The number of carbonyl (C=O) groups excluding carboxylic acids is 2. The second kappa shape index (κ2) is 6.99. The van der Waals surface area contributed by atoms with Crippen molar-refractivity contribution in [2.45, 2.75) is 19.7 Å². The summed E-state index contributed by atoms with van der Waals surface area (Å²) < 4.78 is 43.6. The van der Waals surface area contributed by atoms with Gasteiger partial charge in [0, 0.05) is 10.9 Å². The Kier molecular flexibility index (Phi) is 4.88. The van der Waals surface area contributed by atoms with Crippen LogP contribution in [0.5, 0.6) is 0 Å². The highest BCUT2D eigenvalue weighted by Gasteiger charge is 2.33. The largest absolute Gasteiger partial charge is 0.457 e. The molecule has 0 spiro atoms. The van der Waals surface area contributed by atoms with Crippen LogP contribution in [-0.2, 0) is 17.5 Å². The number of rotatable bonds is 4. The number of nitrogens with two attached hydrogens (primary N) is 1. The number of alkyl halides is 3. The van der Waals surface area contributed by atoms with Crippen LogP contribution in [0, 0.1) is 6.92 Å². The number of benzene rings is 1. The van der Waals surface area contributed by atoms with Gasteiger partial charge in [0.25, 0.3) is 0 Å². The summed E-state index contributed by atoms with van der Waals surface area (Å²) in [5.41, 5.74) is 5.54. The molecule has 0 aliphatic rings. The summed E-state index contributed by atoms with van der Waals surface area (Å²) in [6, 6.07) is 8.49. The van der Waals surface area contributed by atoms with Crippen LogP contribution in [0.3, 0.4) is 0 Å². The second-order valence-corrected chi connectivity index (χ2v) is 6.74. The molecule has 1 amide bonds. The number of halogens is 3. The van der Waals surface area contributed by atoms with Gasteiger partial charge in [0.15, 0.2) is 0 Å². The number of primary amides is 1. The lowest BCUT2D eigenvalue weighted by Crippen LogP contribution is -2.11. The van der Waals surface area contributed by atoms with Gasteiger partial charge in [-0.25, -0.2) is 9.78 Å². The lowest BCUT2D eigenvalue weighted by atomic mass is 10.1. The van der Waals surface area contributed by atoms with Gasteiger partial charge in [-0.1, -0.05) is 12.1 Å². The van der Waals surface area contributed by atoms with Crippen LogP contribution in [0.15, 0.2) is 36.4 Å². The lowest BCUT2D eigenvalue weighted by molar-refractivity contribution is -0.140. The summed E-state index contributed by atoms with van der Waals surface area (Å²) in [7, 11) is 0. The van der Waals surface area contributed by atoms with Gasteiger partial charge < -0.3 is 10.5 Å². The Labute approximate surface area is 155 Å². The molecule has 0 bridgehead atoms. The average Bonchev–Trinajstić information content (AvgIpc) is 2.95. The maximum Gasteiger partial charge on any atom is 0.433 e. The van der Waals surface area contributed by atoms with E-state index in [-0.39, 0.29) is 21.9 Å². The number of nitrogens with zero attached hydrogens (tertiary/aromatic N) is 1. The molecular formula is C18H13F3N2O3S. The third-order valence-electron chi connectivity index (χ3n) is 3.86. The van der Waals surface area contributed by atoms with Crippen LogP contribution >= 0.6 is 11.3 Å². The number of fused-ring (bicyclic) bond motifs is 1. The monoisotopic (exact) mass is 394 g/mol. The van der Waals surface area contributed by atoms with Crippen LogP contribution in [0.1, 0.15) is 36.9 Å². The van der Waals surface area contributed by atoms with Gasteiger partial charge in [-0.2, -0.15) is 13.2 Å². The molecule has 3 aromatic rings. The number of esters is 1. The summed E-state index contributed by atoms with van der Waals surface area (Å²) in [6.07, 6.45) is -4.56. The van der Waals surface area contributed by atoms with Crippen molar-refractivity contribution in [3.05, 3.63) is 63.7 Å². The quantitative estimate of drug-likeness (QED) is 0.676. The van der Waals surface area contributed by atoms with Crippen molar-refractivity contribution in [1.29, 1.82) is 0 Å². The predicted octanol–water partition coefficient (Wildman–Crippen LogP) is 4.08.